The van der Waals surface area contributed by atoms with Crippen LogP contribution in [0.2, 0.25) is 0 Å². The van der Waals surface area contributed by atoms with Crippen LogP contribution in [0.5, 0.6) is 0 Å². The number of alkyl halides is 3. The summed E-state index contributed by atoms with van der Waals surface area (Å²) >= 11 is 17.4. The topological polar surface area (TPSA) is 26.3 Å². The largest absolute Gasteiger partial charge is 0.458 e. The van der Waals surface area contributed by atoms with Gasteiger partial charge in [-0.15, -0.1) is 0 Å². The number of halogens is 3. The van der Waals surface area contributed by atoms with Gasteiger partial charge in [0.2, 0.25) is 3.79 Å². The van der Waals surface area contributed by atoms with Crippen LogP contribution in [0.4, 0.5) is 0 Å². The van der Waals surface area contributed by atoms with Crippen LogP contribution in [0, 0.1) is 0 Å². The van der Waals surface area contributed by atoms with E-state index in [1.807, 2.05) is 6.92 Å². The maximum absolute atomic E-state index is 11.4. The van der Waals surface area contributed by atoms with Crippen molar-refractivity contribution in [3.05, 3.63) is 0 Å². The zero-order chi connectivity index (χ0) is 13.3. The third-order valence-electron chi connectivity index (χ3n) is 2.41. The maximum atomic E-state index is 11.4. The summed E-state index contributed by atoms with van der Waals surface area (Å²) < 4.78 is 3.67. The first-order chi connectivity index (χ1) is 7.91. The first kappa shape index (κ1) is 17.3. The average Bonchev–Trinajstić information content (AvgIpc) is 2.21. The minimum Gasteiger partial charge on any atom is -0.458 e. The second kappa shape index (κ2) is 9.29. The van der Waals surface area contributed by atoms with Gasteiger partial charge in [0.15, 0.2) is 0 Å². The lowest BCUT2D eigenvalue weighted by Crippen LogP contribution is -2.31. The smallest absolute Gasteiger partial charge is 0.306 e. The van der Waals surface area contributed by atoms with E-state index in [1.165, 1.54) is 0 Å². The molecule has 0 saturated heterocycles. The Labute approximate surface area is 119 Å². The minimum atomic E-state index is -1.53. The van der Waals surface area contributed by atoms with Crippen LogP contribution >= 0.6 is 34.8 Å². The van der Waals surface area contributed by atoms with Gasteiger partial charge in [-0.05, 0) is 19.3 Å². The normalized spacial score (nSPS) is 13.5. The molecule has 1 unspecified atom stereocenters. The van der Waals surface area contributed by atoms with E-state index in [1.54, 1.807) is 0 Å². The van der Waals surface area contributed by atoms with Gasteiger partial charge in [0.05, 0.1) is 0 Å². The minimum absolute atomic E-state index is 0.292. The van der Waals surface area contributed by atoms with Crippen molar-refractivity contribution in [3.8, 4) is 0 Å². The van der Waals surface area contributed by atoms with Crippen LogP contribution in [0.15, 0.2) is 0 Å². The van der Waals surface area contributed by atoms with Gasteiger partial charge in [-0.1, -0.05) is 67.9 Å². The van der Waals surface area contributed by atoms with E-state index in [0.717, 1.165) is 32.1 Å². The first-order valence-electron chi connectivity index (χ1n) is 6.18. The number of ether oxygens (including phenoxy) is 1. The molecule has 2 nitrogen and oxygen atoms in total. The van der Waals surface area contributed by atoms with Crippen molar-refractivity contribution in [2.45, 2.75) is 68.7 Å². The number of esters is 1. The van der Waals surface area contributed by atoms with Crippen molar-refractivity contribution < 1.29 is 9.53 Å². The van der Waals surface area contributed by atoms with Crippen LogP contribution < -0.4 is 0 Å². The molecule has 0 aliphatic carbocycles. The lowest BCUT2D eigenvalue weighted by molar-refractivity contribution is -0.149. The van der Waals surface area contributed by atoms with E-state index < -0.39 is 9.90 Å². The molecule has 0 rings (SSSR count). The number of hydrogen-bond donors (Lipinski definition) is 0. The Balaban J connectivity index is 4.11. The fourth-order valence-corrected chi connectivity index (χ4v) is 1.93. The van der Waals surface area contributed by atoms with Gasteiger partial charge in [0, 0.05) is 6.42 Å². The van der Waals surface area contributed by atoms with Gasteiger partial charge in [-0.2, -0.15) is 0 Å². The summed E-state index contributed by atoms with van der Waals surface area (Å²) in [6.07, 6.45) is 5.34. The Morgan fingerprint density at radius 1 is 1.12 bits per heavy atom. The molecule has 0 aromatic heterocycles. The Bertz CT molecular complexity index is 214. The van der Waals surface area contributed by atoms with E-state index in [-0.39, 0.29) is 5.97 Å². The molecule has 17 heavy (non-hydrogen) atoms. The van der Waals surface area contributed by atoms with E-state index in [9.17, 15) is 4.79 Å². The number of unbranched alkanes of at least 4 members (excludes halogenated alkanes) is 3. The predicted octanol–water partition coefficient (Wildman–Crippen LogP) is 5.04. The summed E-state index contributed by atoms with van der Waals surface area (Å²) in [5.41, 5.74) is 0. The molecule has 0 fully saturated rings. The molecule has 0 radical (unpaired) electrons. The van der Waals surface area contributed by atoms with E-state index >= 15 is 0 Å². The summed E-state index contributed by atoms with van der Waals surface area (Å²) in [6, 6.07) is 0. The number of rotatable bonds is 8. The third-order valence-corrected chi connectivity index (χ3v) is 3.14. The van der Waals surface area contributed by atoms with Crippen molar-refractivity contribution in [1.82, 2.24) is 0 Å². The van der Waals surface area contributed by atoms with Crippen LogP contribution in [0.25, 0.3) is 0 Å². The summed E-state index contributed by atoms with van der Waals surface area (Å²) in [6.45, 7) is 4.04. The van der Waals surface area contributed by atoms with Crippen molar-refractivity contribution in [2.75, 3.05) is 0 Å². The molecule has 5 heteroatoms. The molecule has 0 aromatic carbocycles. The lowest BCUT2D eigenvalue weighted by atomic mass is 10.1. The molecule has 1 atom stereocenters. The molecule has 0 aromatic rings. The lowest BCUT2D eigenvalue weighted by Gasteiger charge is -2.24. The Kier molecular flexibility index (Phi) is 9.48. The van der Waals surface area contributed by atoms with Crippen molar-refractivity contribution in [1.29, 1.82) is 0 Å². The van der Waals surface area contributed by atoms with Crippen LogP contribution in [0.1, 0.15) is 58.8 Å². The highest BCUT2D eigenvalue weighted by atomic mass is 35.6. The highest BCUT2D eigenvalue weighted by Crippen LogP contribution is 2.35. The molecule has 0 amide bonds. The maximum Gasteiger partial charge on any atom is 0.306 e. The van der Waals surface area contributed by atoms with Gasteiger partial charge < -0.3 is 4.74 Å². The fraction of sp³-hybridized carbons (Fsp3) is 0.917. The van der Waals surface area contributed by atoms with Gasteiger partial charge in [-0.25, -0.2) is 0 Å². The molecule has 0 bridgehead atoms. The van der Waals surface area contributed by atoms with Crippen molar-refractivity contribution >= 4 is 40.8 Å². The molecule has 102 valence electrons. The van der Waals surface area contributed by atoms with E-state index in [0.29, 0.717) is 12.8 Å². The molecule has 0 N–H and O–H groups in total. The Hall–Kier alpha value is 0.340. The summed E-state index contributed by atoms with van der Waals surface area (Å²) in [5, 5.41) is 0. The first-order valence-corrected chi connectivity index (χ1v) is 7.31. The van der Waals surface area contributed by atoms with Crippen LogP contribution in [-0.4, -0.2) is 15.9 Å². The molecular weight excluding hydrogens is 282 g/mol. The summed E-state index contributed by atoms with van der Waals surface area (Å²) in [7, 11) is 0. The summed E-state index contributed by atoms with van der Waals surface area (Å²) in [5.74, 6) is -0.292. The second-order valence-corrected chi connectivity index (χ2v) is 6.49. The van der Waals surface area contributed by atoms with Gasteiger partial charge in [0.25, 0.3) is 0 Å². The highest BCUT2D eigenvalue weighted by molar-refractivity contribution is 6.68. The number of carbonyl (C=O) groups is 1. The molecule has 0 saturated carbocycles. The molecule has 0 aliphatic rings. The SMILES string of the molecule is CCCCCCC(OC(=O)CCC)C(Cl)(Cl)Cl. The molecule has 0 spiro atoms. The van der Waals surface area contributed by atoms with E-state index in [2.05, 4.69) is 6.92 Å². The Morgan fingerprint density at radius 3 is 2.24 bits per heavy atom. The fourth-order valence-electron chi connectivity index (χ4n) is 1.47. The van der Waals surface area contributed by atoms with Gasteiger partial charge >= 0.3 is 5.97 Å². The van der Waals surface area contributed by atoms with Crippen LogP contribution in [-0.2, 0) is 9.53 Å². The number of carbonyl (C=O) groups excluding carboxylic acids is 1. The average molecular weight is 304 g/mol. The highest BCUT2D eigenvalue weighted by Gasteiger charge is 2.35. The van der Waals surface area contributed by atoms with Crippen molar-refractivity contribution in [2.24, 2.45) is 0 Å². The quantitative estimate of drug-likeness (QED) is 0.357. The Morgan fingerprint density at radius 2 is 1.76 bits per heavy atom. The van der Waals surface area contributed by atoms with Gasteiger partial charge in [-0.3, -0.25) is 4.79 Å². The third kappa shape index (κ3) is 8.98. The standard InChI is InChI=1S/C12H21Cl3O2/c1-3-5-6-7-9-10(12(13,14)15)17-11(16)8-4-2/h10H,3-9H2,1-2H3. The van der Waals surface area contributed by atoms with Gasteiger partial charge in [0.1, 0.15) is 6.10 Å². The van der Waals surface area contributed by atoms with Crippen molar-refractivity contribution in [3.63, 3.8) is 0 Å². The van der Waals surface area contributed by atoms with Crippen LogP contribution in [0.3, 0.4) is 0 Å². The molecular formula is C12H21Cl3O2. The number of hydrogen-bond acceptors (Lipinski definition) is 2. The second-order valence-electron chi connectivity index (χ2n) is 4.12. The summed E-state index contributed by atoms with van der Waals surface area (Å²) in [4.78, 5) is 11.4. The van der Waals surface area contributed by atoms with E-state index in [4.69, 9.17) is 39.5 Å². The monoisotopic (exact) mass is 302 g/mol. The molecule has 0 heterocycles. The predicted molar refractivity (Wildman–Crippen MR) is 73.8 cm³/mol. The zero-order valence-corrected chi connectivity index (χ0v) is 12.7. The zero-order valence-electron chi connectivity index (χ0n) is 10.5. The molecule has 0 aliphatic heterocycles.